The quantitative estimate of drug-likeness (QED) is 0.457. The molecule has 1 aliphatic carbocycles. The van der Waals surface area contributed by atoms with Crippen LogP contribution in [-0.4, -0.2) is 62.2 Å². The number of nitrogens with zero attached hydrogens (tertiary/aromatic N) is 3. The number of benzene rings is 2. The second-order valence-corrected chi connectivity index (χ2v) is 11.8. The highest BCUT2D eigenvalue weighted by molar-refractivity contribution is 7.90. The predicted molar refractivity (Wildman–Crippen MR) is 143 cm³/mol. The number of carbonyl (C=O) groups is 2. The van der Waals surface area contributed by atoms with Gasteiger partial charge in [-0.05, 0) is 55.2 Å². The molecular weight excluding hydrogens is 519 g/mol. The Bertz CT molecular complexity index is 1190. The summed E-state index contributed by atoms with van der Waals surface area (Å²) in [4.78, 5) is 28.5. The van der Waals surface area contributed by atoms with Gasteiger partial charge in [-0.25, -0.2) is 8.70 Å². The molecule has 11 heteroatoms. The molecule has 1 aliphatic rings. The molecule has 1 atom stereocenters. The van der Waals surface area contributed by atoms with Crippen LogP contribution < -0.4 is 9.62 Å². The van der Waals surface area contributed by atoms with Gasteiger partial charge in [0.1, 0.15) is 18.4 Å². The number of anilines is 1. The molecule has 0 radical (unpaired) electrons. The third-order valence-corrected chi connectivity index (χ3v) is 8.71. The standard InChI is InChI=1S/C26H34ClFN4O4S/c1-4-24(26(34)29-21-10-6-7-11-21)31(17-19-9-5-8-12-23(19)27)25(33)18-32(37(35,36)30(2)3)22-15-13-20(28)14-16-22/h5,8-9,12-16,21,24H,4,6-7,10-11,17-18H2,1-3H3,(H,29,34)/t24-/m0/s1. The molecule has 1 fully saturated rings. The average Bonchev–Trinajstić information content (AvgIpc) is 3.37. The zero-order valence-electron chi connectivity index (χ0n) is 21.4. The Morgan fingerprint density at radius 2 is 1.70 bits per heavy atom. The SMILES string of the molecule is CC[C@@H](C(=O)NC1CCCC1)N(Cc1ccccc1Cl)C(=O)CN(c1ccc(F)cc1)S(=O)(=O)N(C)C. The number of hydrogen-bond acceptors (Lipinski definition) is 4. The number of halogens is 2. The second-order valence-electron chi connectivity index (χ2n) is 9.30. The molecule has 37 heavy (non-hydrogen) atoms. The lowest BCUT2D eigenvalue weighted by molar-refractivity contribution is -0.140. The lowest BCUT2D eigenvalue weighted by atomic mass is 10.1. The maximum Gasteiger partial charge on any atom is 0.304 e. The van der Waals surface area contributed by atoms with Crippen molar-refractivity contribution >= 4 is 39.3 Å². The van der Waals surface area contributed by atoms with E-state index in [1.165, 1.54) is 31.1 Å². The van der Waals surface area contributed by atoms with Crippen LogP contribution in [0.5, 0.6) is 0 Å². The minimum Gasteiger partial charge on any atom is -0.352 e. The number of hydrogen-bond donors (Lipinski definition) is 1. The Labute approximate surface area is 223 Å². The fraction of sp³-hybridized carbons (Fsp3) is 0.462. The molecule has 202 valence electrons. The van der Waals surface area contributed by atoms with Gasteiger partial charge in [-0.1, -0.05) is 49.6 Å². The smallest absolute Gasteiger partial charge is 0.304 e. The lowest BCUT2D eigenvalue weighted by Gasteiger charge is -2.34. The van der Waals surface area contributed by atoms with Gasteiger partial charge in [0.15, 0.2) is 0 Å². The van der Waals surface area contributed by atoms with Crippen LogP contribution in [0.1, 0.15) is 44.6 Å². The summed E-state index contributed by atoms with van der Waals surface area (Å²) in [5.74, 6) is -1.39. The maximum absolute atomic E-state index is 13.8. The molecule has 0 saturated heterocycles. The highest BCUT2D eigenvalue weighted by Gasteiger charge is 2.34. The second kappa shape index (κ2) is 12.7. The summed E-state index contributed by atoms with van der Waals surface area (Å²) in [7, 11) is -1.42. The van der Waals surface area contributed by atoms with Crippen LogP contribution in [-0.2, 0) is 26.3 Å². The van der Waals surface area contributed by atoms with E-state index in [1.54, 1.807) is 31.2 Å². The molecule has 2 aromatic rings. The van der Waals surface area contributed by atoms with Gasteiger partial charge in [0.05, 0.1) is 5.69 Å². The van der Waals surface area contributed by atoms with Gasteiger partial charge in [-0.2, -0.15) is 12.7 Å². The van der Waals surface area contributed by atoms with Crippen LogP contribution >= 0.6 is 11.6 Å². The van der Waals surface area contributed by atoms with Crippen molar-refractivity contribution in [3.63, 3.8) is 0 Å². The monoisotopic (exact) mass is 552 g/mol. The number of nitrogens with one attached hydrogen (secondary N) is 1. The third kappa shape index (κ3) is 7.21. The van der Waals surface area contributed by atoms with Crippen molar-refractivity contribution in [3.8, 4) is 0 Å². The molecule has 2 aromatic carbocycles. The van der Waals surface area contributed by atoms with Crippen molar-refractivity contribution in [1.82, 2.24) is 14.5 Å². The minimum atomic E-state index is -4.12. The third-order valence-electron chi connectivity index (χ3n) is 6.52. The van der Waals surface area contributed by atoms with Crippen LogP contribution in [0.25, 0.3) is 0 Å². The topological polar surface area (TPSA) is 90.0 Å². The molecule has 0 aliphatic heterocycles. The van der Waals surface area contributed by atoms with E-state index in [1.807, 2.05) is 0 Å². The van der Waals surface area contributed by atoms with Gasteiger partial charge < -0.3 is 10.2 Å². The Balaban J connectivity index is 1.97. The summed E-state index contributed by atoms with van der Waals surface area (Å²) >= 11 is 6.38. The molecule has 0 bridgehead atoms. The first-order chi connectivity index (χ1) is 17.5. The fourth-order valence-electron chi connectivity index (χ4n) is 4.42. The molecule has 1 N–H and O–H groups in total. The van der Waals surface area contributed by atoms with Gasteiger partial charge >= 0.3 is 10.2 Å². The Hall–Kier alpha value is -2.69. The molecule has 8 nitrogen and oxygen atoms in total. The molecule has 0 aromatic heterocycles. The molecule has 0 spiro atoms. The summed E-state index contributed by atoms with van der Waals surface area (Å²) in [6.45, 7) is 1.25. The summed E-state index contributed by atoms with van der Waals surface area (Å²) in [5.41, 5.74) is 0.762. The number of rotatable bonds is 11. The first-order valence-corrected chi connectivity index (χ1v) is 14.1. The highest BCUT2D eigenvalue weighted by Crippen LogP contribution is 2.24. The van der Waals surface area contributed by atoms with Crippen molar-refractivity contribution in [3.05, 3.63) is 64.9 Å². The Kier molecular flexibility index (Phi) is 9.92. The van der Waals surface area contributed by atoms with Gasteiger partial charge in [-0.15, -0.1) is 0 Å². The van der Waals surface area contributed by atoms with E-state index < -0.39 is 34.5 Å². The molecule has 2 amide bonds. The normalized spacial score (nSPS) is 15.0. The van der Waals surface area contributed by atoms with E-state index in [-0.39, 0.29) is 24.2 Å². The van der Waals surface area contributed by atoms with Crippen molar-refractivity contribution < 1.29 is 22.4 Å². The zero-order valence-corrected chi connectivity index (χ0v) is 22.9. The summed E-state index contributed by atoms with van der Waals surface area (Å²) < 4.78 is 41.8. The van der Waals surface area contributed by atoms with Crippen LogP contribution in [0.4, 0.5) is 10.1 Å². The summed E-state index contributed by atoms with van der Waals surface area (Å²) in [6.07, 6.45) is 4.18. The van der Waals surface area contributed by atoms with E-state index >= 15 is 0 Å². The van der Waals surface area contributed by atoms with Crippen LogP contribution in [0.15, 0.2) is 48.5 Å². The van der Waals surface area contributed by atoms with E-state index in [9.17, 15) is 22.4 Å². The summed E-state index contributed by atoms with van der Waals surface area (Å²) in [6, 6.07) is 11.1. The number of carbonyl (C=O) groups excluding carboxylic acids is 2. The van der Waals surface area contributed by atoms with E-state index in [0.29, 0.717) is 17.0 Å². The minimum absolute atomic E-state index is 0.0222. The van der Waals surface area contributed by atoms with E-state index in [0.717, 1.165) is 46.4 Å². The van der Waals surface area contributed by atoms with Crippen molar-refractivity contribution in [2.24, 2.45) is 0 Å². The first kappa shape index (κ1) is 28.9. The predicted octanol–water partition coefficient (Wildman–Crippen LogP) is 3.96. The fourth-order valence-corrected chi connectivity index (χ4v) is 5.67. The van der Waals surface area contributed by atoms with Crippen LogP contribution in [0.2, 0.25) is 5.02 Å². The van der Waals surface area contributed by atoms with E-state index in [4.69, 9.17) is 11.6 Å². The number of amides is 2. The summed E-state index contributed by atoms with van der Waals surface area (Å²) in [5, 5.41) is 3.49. The Morgan fingerprint density at radius 3 is 2.27 bits per heavy atom. The highest BCUT2D eigenvalue weighted by atomic mass is 35.5. The van der Waals surface area contributed by atoms with Crippen LogP contribution in [0, 0.1) is 5.82 Å². The molecular formula is C26H34ClFN4O4S. The average molecular weight is 553 g/mol. The van der Waals surface area contributed by atoms with E-state index in [2.05, 4.69) is 5.32 Å². The molecule has 1 saturated carbocycles. The van der Waals surface area contributed by atoms with Crippen molar-refractivity contribution in [2.45, 2.75) is 57.7 Å². The van der Waals surface area contributed by atoms with Gasteiger partial charge in [-0.3, -0.25) is 9.59 Å². The first-order valence-electron chi connectivity index (χ1n) is 12.3. The lowest BCUT2D eigenvalue weighted by Crippen LogP contribution is -2.54. The molecule has 0 heterocycles. The van der Waals surface area contributed by atoms with Gasteiger partial charge in [0.2, 0.25) is 11.8 Å². The largest absolute Gasteiger partial charge is 0.352 e. The maximum atomic E-state index is 13.8. The van der Waals surface area contributed by atoms with Crippen molar-refractivity contribution in [1.29, 1.82) is 0 Å². The Morgan fingerprint density at radius 1 is 1.08 bits per heavy atom. The van der Waals surface area contributed by atoms with Gasteiger partial charge in [0.25, 0.3) is 0 Å². The van der Waals surface area contributed by atoms with Crippen LogP contribution in [0.3, 0.4) is 0 Å². The molecule has 3 rings (SSSR count). The van der Waals surface area contributed by atoms with Gasteiger partial charge in [0, 0.05) is 31.7 Å². The molecule has 0 unspecified atom stereocenters. The van der Waals surface area contributed by atoms with Crippen molar-refractivity contribution in [2.75, 3.05) is 24.9 Å². The zero-order chi connectivity index (χ0) is 27.2.